The number of hydrogen-bond donors (Lipinski definition) is 3. The van der Waals surface area contributed by atoms with E-state index in [4.69, 9.17) is 5.73 Å². The number of hydrogen-bond acceptors (Lipinski definition) is 3. The van der Waals surface area contributed by atoms with Gasteiger partial charge in [0.2, 0.25) is 11.8 Å². The second-order valence-corrected chi connectivity index (χ2v) is 9.74. The maximum Gasteiger partial charge on any atom is 0.244 e. The summed E-state index contributed by atoms with van der Waals surface area (Å²) in [7, 11) is 0. The van der Waals surface area contributed by atoms with E-state index in [0.717, 1.165) is 30.2 Å². The van der Waals surface area contributed by atoms with Gasteiger partial charge in [-0.25, -0.2) is 0 Å². The van der Waals surface area contributed by atoms with Crippen LogP contribution < -0.4 is 11.1 Å². The number of nitrogens with one attached hydrogen (secondary N) is 1. The molecule has 4 aliphatic carbocycles. The van der Waals surface area contributed by atoms with Crippen LogP contribution in [-0.2, 0) is 9.59 Å². The predicted molar refractivity (Wildman–Crippen MR) is 101 cm³/mol. The first-order valence-electron chi connectivity index (χ1n) is 9.32. The van der Waals surface area contributed by atoms with Crippen molar-refractivity contribution in [2.45, 2.75) is 56.6 Å². The number of carbonyl (C=O) groups excluding carboxylic acids is 2. The van der Waals surface area contributed by atoms with Crippen LogP contribution in [0.2, 0.25) is 0 Å². The molecule has 1 aromatic rings. The second kappa shape index (κ2) is 6.34. The Balaban J connectivity index is 1.48. The van der Waals surface area contributed by atoms with Crippen molar-refractivity contribution in [2.24, 2.45) is 23.0 Å². The fourth-order valence-electron chi connectivity index (χ4n) is 6.17. The van der Waals surface area contributed by atoms with Crippen LogP contribution in [0, 0.1) is 17.3 Å². The molecule has 2 amide bonds. The molecule has 6 heteroatoms. The molecule has 4 aliphatic rings. The Hall–Kier alpha value is -1.40. The first-order valence-corrected chi connectivity index (χ1v) is 10.1. The summed E-state index contributed by atoms with van der Waals surface area (Å²) in [6.45, 7) is 0. The second-order valence-electron chi connectivity index (χ2n) is 8.82. The number of primary amides is 1. The van der Waals surface area contributed by atoms with E-state index in [1.807, 2.05) is 12.1 Å². The minimum absolute atomic E-state index is 0.123. The highest BCUT2D eigenvalue weighted by atomic mass is 79.9. The lowest BCUT2D eigenvalue weighted by atomic mass is 9.47. The van der Waals surface area contributed by atoms with E-state index >= 15 is 0 Å². The number of nitrogens with two attached hydrogens (primary N) is 1. The lowest BCUT2D eigenvalue weighted by molar-refractivity contribution is -0.169. The normalized spacial score (nSPS) is 35.9. The van der Waals surface area contributed by atoms with Crippen molar-refractivity contribution in [3.8, 4) is 0 Å². The summed E-state index contributed by atoms with van der Waals surface area (Å²) in [6, 6.07) is 6.42. The molecule has 1 aromatic carbocycles. The Morgan fingerprint density at radius 2 is 1.96 bits per heavy atom. The van der Waals surface area contributed by atoms with Gasteiger partial charge in [0.15, 0.2) is 0 Å². The largest absolute Gasteiger partial charge is 0.390 e. The Kier molecular flexibility index (Phi) is 4.39. The Bertz CT molecular complexity index is 736. The van der Waals surface area contributed by atoms with Crippen LogP contribution in [-0.4, -0.2) is 22.5 Å². The van der Waals surface area contributed by atoms with E-state index in [9.17, 15) is 14.7 Å². The fourth-order valence-corrected chi connectivity index (χ4v) is 6.58. The summed E-state index contributed by atoms with van der Waals surface area (Å²) < 4.78 is 0.832. The Labute approximate surface area is 161 Å². The summed E-state index contributed by atoms with van der Waals surface area (Å²) in [5, 5.41) is 13.7. The van der Waals surface area contributed by atoms with E-state index in [-0.39, 0.29) is 11.3 Å². The van der Waals surface area contributed by atoms with Gasteiger partial charge in [0.1, 0.15) is 6.04 Å². The van der Waals surface area contributed by atoms with E-state index in [1.54, 1.807) is 12.1 Å². The van der Waals surface area contributed by atoms with E-state index in [0.29, 0.717) is 30.2 Å². The van der Waals surface area contributed by atoms with Gasteiger partial charge in [-0.15, -0.1) is 0 Å². The molecule has 4 saturated carbocycles. The molecule has 140 valence electrons. The zero-order chi connectivity index (χ0) is 18.5. The highest BCUT2D eigenvalue weighted by Gasteiger charge is 2.57. The maximum absolute atomic E-state index is 12.8. The van der Waals surface area contributed by atoms with E-state index in [1.165, 1.54) is 6.42 Å². The number of benzene rings is 1. The zero-order valence-corrected chi connectivity index (χ0v) is 16.3. The summed E-state index contributed by atoms with van der Waals surface area (Å²) >= 11 is 3.38. The highest BCUT2D eigenvalue weighted by molar-refractivity contribution is 9.10. The molecule has 0 heterocycles. The predicted octanol–water partition coefficient (Wildman–Crippen LogP) is 2.81. The molecule has 0 radical (unpaired) electrons. The minimum Gasteiger partial charge on any atom is -0.390 e. The van der Waals surface area contributed by atoms with Gasteiger partial charge in [-0.2, -0.15) is 0 Å². The maximum atomic E-state index is 12.8. The molecule has 4 N–H and O–H groups in total. The molecular weight excluding hydrogens is 396 g/mol. The number of aliphatic hydroxyl groups is 1. The molecular formula is C20H25BrN2O3. The number of halogens is 1. The monoisotopic (exact) mass is 420 g/mol. The third kappa shape index (κ3) is 3.41. The molecule has 0 aromatic heterocycles. The molecule has 4 fully saturated rings. The fraction of sp³-hybridized carbons (Fsp3) is 0.600. The average molecular weight is 421 g/mol. The van der Waals surface area contributed by atoms with Gasteiger partial charge in [-0.1, -0.05) is 28.1 Å². The van der Waals surface area contributed by atoms with Crippen molar-refractivity contribution in [3.05, 3.63) is 34.3 Å². The SMILES string of the molecule is NC(=O)[C@H](NC(=O)CC12C[C@H]3C[C@@H](CC(O)(C3)C1)C2)c1cccc(Br)c1. The number of carbonyl (C=O) groups is 2. The topological polar surface area (TPSA) is 92.4 Å². The van der Waals surface area contributed by atoms with Gasteiger partial charge in [-0.3, -0.25) is 9.59 Å². The summed E-state index contributed by atoms with van der Waals surface area (Å²) in [5.74, 6) is 0.344. The van der Waals surface area contributed by atoms with Crippen LogP contribution in [0.15, 0.2) is 28.7 Å². The van der Waals surface area contributed by atoms with Crippen LogP contribution in [0.5, 0.6) is 0 Å². The zero-order valence-electron chi connectivity index (χ0n) is 14.7. The lowest BCUT2D eigenvalue weighted by Gasteiger charge is -2.60. The first-order chi connectivity index (χ1) is 12.3. The smallest absolute Gasteiger partial charge is 0.244 e. The molecule has 5 rings (SSSR count). The third-order valence-electron chi connectivity index (χ3n) is 6.46. The van der Waals surface area contributed by atoms with Gasteiger partial charge in [0.25, 0.3) is 0 Å². The highest BCUT2D eigenvalue weighted by Crippen LogP contribution is 2.62. The standard InChI is InChI=1S/C20H25BrN2O3/c21-15-3-1-2-14(5-15)17(18(22)25)23-16(24)10-19-6-12-4-13(7-19)9-20(26,8-12)11-19/h1-3,5,12-13,17,26H,4,6-11H2,(H2,22,25)(H,23,24)/t12-,13-,17-,19?,20?/m1/s1. The molecule has 0 saturated heterocycles. The van der Waals surface area contributed by atoms with Crippen LogP contribution in [0.1, 0.15) is 56.6 Å². The van der Waals surface area contributed by atoms with Crippen LogP contribution in [0.25, 0.3) is 0 Å². The van der Waals surface area contributed by atoms with Crippen molar-refractivity contribution in [1.82, 2.24) is 5.32 Å². The Morgan fingerprint density at radius 3 is 2.54 bits per heavy atom. The summed E-state index contributed by atoms with van der Waals surface area (Å²) in [5.41, 5.74) is 5.50. The molecule has 4 bridgehead atoms. The van der Waals surface area contributed by atoms with Crippen molar-refractivity contribution in [3.63, 3.8) is 0 Å². The molecule has 5 nitrogen and oxygen atoms in total. The minimum atomic E-state index is -0.836. The molecule has 0 spiro atoms. The van der Waals surface area contributed by atoms with E-state index in [2.05, 4.69) is 21.2 Å². The third-order valence-corrected chi connectivity index (χ3v) is 6.95. The lowest BCUT2D eigenvalue weighted by Crippen LogP contribution is -2.56. The summed E-state index contributed by atoms with van der Waals surface area (Å²) in [4.78, 5) is 24.7. The van der Waals surface area contributed by atoms with Crippen LogP contribution in [0.3, 0.4) is 0 Å². The molecule has 26 heavy (non-hydrogen) atoms. The van der Waals surface area contributed by atoms with E-state index < -0.39 is 17.6 Å². The summed E-state index contributed by atoms with van der Waals surface area (Å²) in [6.07, 6.45) is 6.05. The quantitative estimate of drug-likeness (QED) is 0.683. The number of rotatable bonds is 5. The number of amides is 2. The van der Waals surface area contributed by atoms with Gasteiger partial charge < -0.3 is 16.2 Å². The Morgan fingerprint density at radius 1 is 1.27 bits per heavy atom. The van der Waals surface area contributed by atoms with Crippen molar-refractivity contribution in [2.75, 3.05) is 0 Å². The average Bonchev–Trinajstić information content (AvgIpc) is 2.49. The molecule has 0 aliphatic heterocycles. The van der Waals surface area contributed by atoms with Gasteiger partial charge >= 0.3 is 0 Å². The van der Waals surface area contributed by atoms with Gasteiger partial charge in [0, 0.05) is 10.9 Å². The van der Waals surface area contributed by atoms with Crippen molar-refractivity contribution >= 4 is 27.7 Å². The van der Waals surface area contributed by atoms with Crippen molar-refractivity contribution < 1.29 is 14.7 Å². The van der Waals surface area contributed by atoms with Crippen LogP contribution >= 0.6 is 15.9 Å². The van der Waals surface area contributed by atoms with Crippen molar-refractivity contribution in [1.29, 1.82) is 0 Å². The first kappa shape index (κ1) is 18.0. The van der Waals surface area contributed by atoms with Gasteiger partial charge in [-0.05, 0) is 73.5 Å². The van der Waals surface area contributed by atoms with Gasteiger partial charge in [0.05, 0.1) is 5.60 Å². The molecule has 3 atom stereocenters. The van der Waals surface area contributed by atoms with Crippen LogP contribution in [0.4, 0.5) is 0 Å². The molecule has 0 unspecified atom stereocenters.